The van der Waals surface area contributed by atoms with Crippen LogP contribution in [0.2, 0.25) is 0 Å². The first-order valence-electron chi connectivity index (χ1n) is 9.89. The van der Waals surface area contributed by atoms with E-state index in [1.165, 1.54) is 5.56 Å². The minimum Gasteiger partial charge on any atom is -0.444 e. The van der Waals surface area contributed by atoms with Crippen LogP contribution in [0.15, 0.2) is 12.1 Å². The Labute approximate surface area is 162 Å². The van der Waals surface area contributed by atoms with Crippen LogP contribution < -0.4 is 4.90 Å². The SMILES string of the molecule is CC(C)[C@](C)(O)c1ccc2c(n1)N1[C@H](C2)CN(C(=O)OC(C)(C)C)C[C@H]1C. The largest absolute Gasteiger partial charge is 0.444 e. The summed E-state index contributed by atoms with van der Waals surface area (Å²) < 4.78 is 5.56. The number of carbonyl (C=O) groups is 1. The van der Waals surface area contributed by atoms with Crippen LogP contribution in [-0.2, 0) is 16.8 Å². The maximum atomic E-state index is 12.5. The Morgan fingerprint density at radius 1 is 1.26 bits per heavy atom. The van der Waals surface area contributed by atoms with Crippen LogP contribution in [-0.4, -0.2) is 51.9 Å². The van der Waals surface area contributed by atoms with Crippen molar-refractivity contribution in [2.24, 2.45) is 5.92 Å². The summed E-state index contributed by atoms with van der Waals surface area (Å²) in [4.78, 5) is 21.5. The molecule has 0 bridgehead atoms. The van der Waals surface area contributed by atoms with E-state index in [4.69, 9.17) is 9.72 Å². The number of rotatable bonds is 2. The Kier molecular flexibility index (Phi) is 4.91. The first-order chi connectivity index (χ1) is 12.4. The Morgan fingerprint density at radius 2 is 1.93 bits per heavy atom. The number of pyridine rings is 1. The minimum atomic E-state index is -0.964. The van der Waals surface area contributed by atoms with Crippen LogP contribution in [0.5, 0.6) is 0 Å². The van der Waals surface area contributed by atoms with Crippen molar-refractivity contribution in [3.05, 3.63) is 23.4 Å². The molecule has 3 rings (SSSR count). The molecule has 3 atom stereocenters. The van der Waals surface area contributed by atoms with Gasteiger partial charge >= 0.3 is 6.09 Å². The Balaban J connectivity index is 1.83. The number of hydrogen-bond donors (Lipinski definition) is 1. The van der Waals surface area contributed by atoms with Gasteiger partial charge in [0.05, 0.1) is 11.7 Å². The number of aliphatic hydroxyl groups is 1. The zero-order valence-corrected chi connectivity index (χ0v) is 17.6. The summed E-state index contributed by atoms with van der Waals surface area (Å²) in [5.41, 5.74) is 0.434. The van der Waals surface area contributed by atoms with E-state index in [0.29, 0.717) is 18.8 Å². The lowest BCUT2D eigenvalue weighted by Crippen LogP contribution is -2.58. The van der Waals surface area contributed by atoms with Gasteiger partial charge in [-0.15, -0.1) is 0 Å². The molecule has 27 heavy (non-hydrogen) atoms. The second kappa shape index (κ2) is 6.66. The summed E-state index contributed by atoms with van der Waals surface area (Å²) in [6.07, 6.45) is 0.608. The topological polar surface area (TPSA) is 65.9 Å². The fourth-order valence-electron chi connectivity index (χ4n) is 3.90. The third-order valence-electron chi connectivity index (χ3n) is 5.73. The molecule has 1 N–H and O–H groups in total. The third kappa shape index (κ3) is 3.77. The molecule has 1 aromatic rings. The van der Waals surface area contributed by atoms with Crippen LogP contribution >= 0.6 is 0 Å². The highest BCUT2D eigenvalue weighted by Crippen LogP contribution is 2.38. The first kappa shape index (κ1) is 19.9. The summed E-state index contributed by atoms with van der Waals surface area (Å²) in [6.45, 7) is 14.9. The van der Waals surface area contributed by atoms with Crippen molar-refractivity contribution in [1.82, 2.24) is 9.88 Å². The Bertz CT molecular complexity index is 724. The molecular weight excluding hydrogens is 342 g/mol. The standard InChI is InChI=1S/C21H33N3O3/c1-13(2)21(7,26)17-9-8-15-10-16-12-23(19(25)27-20(4,5)6)11-14(3)24(16)18(15)22-17/h8-9,13-14,16,26H,10-12H2,1-7H3/t14-,16-,21+/m1/s1. The van der Waals surface area contributed by atoms with Gasteiger partial charge in [-0.3, -0.25) is 0 Å². The van der Waals surface area contributed by atoms with E-state index in [1.54, 1.807) is 0 Å². The molecule has 1 amide bonds. The minimum absolute atomic E-state index is 0.0710. The van der Waals surface area contributed by atoms with E-state index in [1.807, 2.05) is 52.5 Å². The van der Waals surface area contributed by atoms with E-state index in [9.17, 15) is 9.90 Å². The van der Waals surface area contributed by atoms with E-state index >= 15 is 0 Å². The normalized spacial score (nSPS) is 24.5. The van der Waals surface area contributed by atoms with E-state index in [2.05, 4.69) is 17.9 Å². The summed E-state index contributed by atoms with van der Waals surface area (Å²) in [7, 11) is 0. The predicted molar refractivity (Wildman–Crippen MR) is 106 cm³/mol. The van der Waals surface area contributed by atoms with Gasteiger partial charge in [-0.25, -0.2) is 9.78 Å². The fourth-order valence-corrected chi connectivity index (χ4v) is 3.90. The molecule has 1 saturated heterocycles. The molecule has 1 fully saturated rings. The third-order valence-corrected chi connectivity index (χ3v) is 5.73. The number of hydrogen-bond acceptors (Lipinski definition) is 5. The number of ether oxygens (including phenoxy) is 1. The van der Waals surface area contributed by atoms with Gasteiger partial charge in [0.1, 0.15) is 17.0 Å². The predicted octanol–water partition coefficient (Wildman–Crippen LogP) is 3.32. The average molecular weight is 376 g/mol. The van der Waals surface area contributed by atoms with Crippen molar-refractivity contribution in [2.45, 2.75) is 78.2 Å². The summed E-state index contributed by atoms with van der Waals surface area (Å²) in [6, 6.07) is 4.36. The van der Waals surface area contributed by atoms with Gasteiger partial charge in [-0.2, -0.15) is 0 Å². The zero-order valence-electron chi connectivity index (χ0n) is 17.6. The number of carbonyl (C=O) groups excluding carboxylic acids is 1. The molecule has 2 aliphatic heterocycles. The number of anilines is 1. The van der Waals surface area contributed by atoms with Gasteiger partial charge in [0.2, 0.25) is 0 Å². The van der Waals surface area contributed by atoms with Gasteiger partial charge in [0, 0.05) is 19.1 Å². The molecule has 0 aromatic carbocycles. The lowest BCUT2D eigenvalue weighted by atomic mass is 9.88. The molecule has 0 saturated carbocycles. The molecule has 1 aromatic heterocycles. The van der Waals surface area contributed by atoms with Gasteiger partial charge in [-0.1, -0.05) is 19.9 Å². The molecule has 2 aliphatic rings. The van der Waals surface area contributed by atoms with Gasteiger partial charge in [0.25, 0.3) is 0 Å². The van der Waals surface area contributed by atoms with Crippen molar-refractivity contribution in [1.29, 1.82) is 0 Å². The highest BCUT2D eigenvalue weighted by atomic mass is 16.6. The van der Waals surface area contributed by atoms with Crippen molar-refractivity contribution in [3.63, 3.8) is 0 Å². The second-order valence-electron chi connectivity index (χ2n) is 9.48. The van der Waals surface area contributed by atoms with E-state index in [-0.39, 0.29) is 24.1 Å². The molecule has 6 nitrogen and oxygen atoms in total. The average Bonchev–Trinajstić information content (AvgIpc) is 2.90. The molecule has 150 valence electrons. The lowest BCUT2D eigenvalue weighted by molar-refractivity contribution is 0.00493. The van der Waals surface area contributed by atoms with Crippen molar-refractivity contribution < 1.29 is 14.6 Å². The molecule has 0 radical (unpaired) electrons. The number of fused-ring (bicyclic) bond motifs is 3. The first-order valence-corrected chi connectivity index (χ1v) is 9.89. The van der Waals surface area contributed by atoms with E-state index in [0.717, 1.165) is 12.2 Å². The van der Waals surface area contributed by atoms with Crippen LogP contribution in [0.4, 0.5) is 10.6 Å². The van der Waals surface area contributed by atoms with Crippen LogP contribution in [0, 0.1) is 5.92 Å². The highest BCUT2D eigenvalue weighted by molar-refractivity contribution is 5.69. The van der Waals surface area contributed by atoms with Crippen molar-refractivity contribution in [2.75, 3.05) is 18.0 Å². The summed E-state index contributed by atoms with van der Waals surface area (Å²) >= 11 is 0. The molecule has 6 heteroatoms. The van der Waals surface area contributed by atoms with Crippen LogP contribution in [0.3, 0.4) is 0 Å². The second-order valence-corrected chi connectivity index (χ2v) is 9.48. The maximum Gasteiger partial charge on any atom is 0.410 e. The molecule has 0 unspecified atom stereocenters. The smallest absolute Gasteiger partial charge is 0.410 e. The maximum absolute atomic E-state index is 12.5. The van der Waals surface area contributed by atoms with Gasteiger partial charge < -0.3 is 19.6 Å². The lowest BCUT2D eigenvalue weighted by Gasteiger charge is -2.43. The molecule has 3 heterocycles. The van der Waals surface area contributed by atoms with E-state index < -0.39 is 11.2 Å². The highest BCUT2D eigenvalue weighted by Gasteiger charge is 2.42. The van der Waals surface area contributed by atoms with Gasteiger partial charge in [-0.05, 0) is 58.6 Å². The van der Waals surface area contributed by atoms with Crippen LogP contribution in [0.1, 0.15) is 59.7 Å². The summed E-state index contributed by atoms with van der Waals surface area (Å²) in [5, 5.41) is 10.8. The van der Waals surface area contributed by atoms with Crippen molar-refractivity contribution >= 4 is 11.9 Å². The van der Waals surface area contributed by atoms with Gasteiger partial charge in [0.15, 0.2) is 0 Å². The fraction of sp³-hybridized carbons (Fsp3) is 0.714. The molecule has 0 aliphatic carbocycles. The Morgan fingerprint density at radius 3 is 2.52 bits per heavy atom. The number of piperazine rings is 1. The monoisotopic (exact) mass is 375 g/mol. The Hall–Kier alpha value is -1.82. The summed E-state index contributed by atoms with van der Waals surface area (Å²) in [5.74, 6) is 1.02. The zero-order chi connectivity index (χ0) is 20.1. The quantitative estimate of drug-likeness (QED) is 0.859. The number of aromatic nitrogens is 1. The molecule has 0 spiro atoms. The van der Waals surface area contributed by atoms with Crippen molar-refractivity contribution in [3.8, 4) is 0 Å². The number of nitrogens with zero attached hydrogens (tertiary/aromatic N) is 3. The van der Waals surface area contributed by atoms with Crippen LogP contribution in [0.25, 0.3) is 0 Å². The number of amides is 1. The molecular formula is C21H33N3O3.